The maximum Gasteiger partial charge on any atom is 0.317 e. The minimum Gasteiger partial charge on any atom is -0.393 e. The zero-order valence-electron chi connectivity index (χ0n) is 14.3. The lowest BCUT2D eigenvalue weighted by Crippen LogP contribution is -2.44. The van der Waals surface area contributed by atoms with Crippen LogP contribution < -0.4 is 5.32 Å². The maximum absolute atomic E-state index is 12.2. The number of likely N-dealkylation sites (tertiary alicyclic amines) is 1. The van der Waals surface area contributed by atoms with E-state index in [1.54, 1.807) is 4.90 Å². The van der Waals surface area contributed by atoms with Crippen LogP contribution in [0.1, 0.15) is 45.4 Å². The molecular formula is C17H33N3O2. The zero-order valence-corrected chi connectivity index (χ0v) is 14.3. The summed E-state index contributed by atoms with van der Waals surface area (Å²) in [4.78, 5) is 16.4. The maximum atomic E-state index is 12.2. The van der Waals surface area contributed by atoms with Crippen molar-refractivity contribution in [2.24, 2.45) is 11.8 Å². The average Bonchev–Trinajstić information content (AvgIpc) is 2.95. The number of hydrogen-bond acceptors (Lipinski definition) is 3. The summed E-state index contributed by atoms with van der Waals surface area (Å²) < 4.78 is 0. The van der Waals surface area contributed by atoms with Crippen LogP contribution in [-0.2, 0) is 0 Å². The number of rotatable bonds is 6. The van der Waals surface area contributed by atoms with Crippen LogP contribution in [0.25, 0.3) is 0 Å². The van der Waals surface area contributed by atoms with Crippen molar-refractivity contribution in [2.45, 2.75) is 51.6 Å². The summed E-state index contributed by atoms with van der Waals surface area (Å²) in [5.74, 6) is 0.834. The van der Waals surface area contributed by atoms with Gasteiger partial charge < -0.3 is 20.2 Å². The molecule has 1 heterocycles. The van der Waals surface area contributed by atoms with Gasteiger partial charge in [-0.2, -0.15) is 0 Å². The number of nitrogens with zero attached hydrogens (tertiary/aromatic N) is 2. The zero-order chi connectivity index (χ0) is 15.9. The Morgan fingerprint density at radius 1 is 1.32 bits per heavy atom. The smallest absolute Gasteiger partial charge is 0.317 e. The van der Waals surface area contributed by atoms with Gasteiger partial charge in [0.1, 0.15) is 0 Å². The van der Waals surface area contributed by atoms with Crippen LogP contribution in [0.5, 0.6) is 0 Å². The van der Waals surface area contributed by atoms with Crippen LogP contribution in [0.15, 0.2) is 0 Å². The third kappa shape index (κ3) is 5.13. The number of hydrogen-bond donors (Lipinski definition) is 2. The van der Waals surface area contributed by atoms with Gasteiger partial charge >= 0.3 is 6.03 Å². The molecule has 0 bridgehead atoms. The summed E-state index contributed by atoms with van der Waals surface area (Å²) in [6.45, 7) is 7.10. The molecule has 0 spiro atoms. The monoisotopic (exact) mass is 311 g/mol. The van der Waals surface area contributed by atoms with Gasteiger partial charge in [0, 0.05) is 32.6 Å². The summed E-state index contributed by atoms with van der Waals surface area (Å²) >= 11 is 0. The van der Waals surface area contributed by atoms with E-state index in [0.717, 1.165) is 32.4 Å². The Morgan fingerprint density at radius 3 is 2.82 bits per heavy atom. The predicted octanol–water partition coefficient (Wildman–Crippen LogP) is 1.91. The Kier molecular flexibility index (Phi) is 6.96. The number of aliphatic hydroxyl groups excluding tert-OH is 1. The van der Waals surface area contributed by atoms with Gasteiger partial charge in [0.15, 0.2) is 0 Å². The fraction of sp³-hybridized carbons (Fsp3) is 0.941. The van der Waals surface area contributed by atoms with Crippen molar-refractivity contribution in [1.82, 2.24) is 15.1 Å². The molecule has 1 saturated carbocycles. The largest absolute Gasteiger partial charge is 0.393 e. The van der Waals surface area contributed by atoms with Crippen molar-refractivity contribution in [2.75, 3.05) is 39.8 Å². The molecule has 3 atom stereocenters. The fourth-order valence-corrected chi connectivity index (χ4v) is 3.80. The second-order valence-corrected chi connectivity index (χ2v) is 7.13. The van der Waals surface area contributed by atoms with Gasteiger partial charge in [0.25, 0.3) is 0 Å². The number of amides is 2. The fourth-order valence-electron chi connectivity index (χ4n) is 3.80. The molecule has 2 aliphatic rings. The lowest BCUT2D eigenvalue weighted by atomic mass is 9.86. The lowest BCUT2D eigenvalue weighted by molar-refractivity contribution is 0.0564. The first-order valence-electron chi connectivity index (χ1n) is 8.99. The molecule has 2 fully saturated rings. The van der Waals surface area contributed by atoms with E-state index in [9.17, 15) is 9.90 Å². The number of nitrogens with one attached hydrogen (secondary N) is 1. The Hall–Kier alpha value is -0.810. The van der Waals surface area contributed by atoms with E-state index in [0.29, 0.717) is 12.5 Å². The molecule has 0 aromatic heterocycles. The first-order valence-corrected chi connectivity index (χ1v) is 8.99. The van der Waals surface area contributed by atoms with Gasteiger partial charge in [-0.3, -0.25) is 0 Å². The van der Waals surface area contributed by atoms with Crippen molar-refractivity contribution in [3.05, 3.63) is 0 Å². The second kappa shape index (κ2) is 8.73. The summed E-state index contributed by atoms with van der Waals surface area (Å²) in [6.07, 6.45) is 6.36. The van der Waals surface area contributed by atoms with Crippen molar-refractivity contribution in [3.8, 4) is 0 Å². The van der Waals surface area contributed by atoms with E-state index >= 15 is 0 Å². The number of carbonyl (C=O) groups excluding carboxylic acids is 1. The van der Waals surface area contributed by atoms with Gasteiger partial charge in [-0.25, -0.2) is 4.79 Å². The second-order valence-electron chi connectivity index (χ2n) is 7.13. The molecule has 2 amide bonds. The molecule has 3 unspecified atom stereocenters. The van der Waals surface area contributed by atoms with Gasteiger partial charge in [-0.15, -0.1) is 0 Å². The van der Waals surface area contributed by atoms with Crippen LogP contribution in [0.3, 0.4) is 0 Å². The van der Waals surface area contributed by atoms with Gasteiger partial charge in [-0.1, -0.05) is 19.8 Å². The molecule has 2 rings (SSSR count). The van der Waals surface area contributed by atoms with Crippen molar-refractivity contribution < 1.29 is 9.90 Å². The van der Waals surface area contributed by atoms with E-state index in [2.05, 4.69) is 17.1 Å². The third-order valence-electron chi connectivity index (χ3n) is 5.18. The molecule has 0 aromatic rings. The van der Waals surface area contributed by atoms with Crippen LogP contribution in [0.4, 0.5) is 4.79 Å². The van der Waals surface area contributed by atoms with Crippen LogP contribution in [-0.4, -0.2) is 66.8 Å². The predicted molar refractivity (Wildman–Crippen MR) is 88.8 cm³/mol. The first-order chi connectivity index (χ1) is 10.6. The van der Waals surface area contributed by atoms with Crippen LogP contribution >= 0.6 is 0 Å². The van der Waals surface area contributed by atoms with Crippen molar-refractivity contribution >= 4 is 6.03 Å². The summed E-state index contributed by atoms with van der Waals surface area (Å²) in [7, 11) is 1.84. The molecule has 128 valence electrons. The van der Waals surface area contributed by atoms with Crippen LogP contribution in [0.2, 0.25) is 0 Å². The molecule has 0 aromatic carbocycles. The van der Waals surface area contributed by atoms with E-state index < -0.39 is 0 Å². The van der Waals surface area contributed by atoms with E-state index in [1.165, 1.54) is 32.4 Å². The van der Waals surface area contributed by atoms with E-state index in [1.807, 2.05) is 7.05 Å². The highest BCUT2D eigenvalue weighted by atomic mass is 16.3. The Bertz CT molecular complexity index is 351. The quantitative estimate of drug-likeness (QED) is 0.788. The average molecular weight is 311 g/mol. The Balaban J connectivity index is 1.66. The minimum atomic E-state index is -0.235. The molecular weight excluding hydrogens is 278 g/mol. The Morgan fingerprint density at radius 2 is 2.09 bits per heavy atom. The van der Waals surface area contributed by atoms with Crippen molar-refractivity contribution in [1.29, 1.82) is 0 Å². The molecule has 5 heteroatoms. The summed E-state index contributed by atoms with van der Waals surface area (Å²) in [5, 5.41) is 13.1. The lowest BCUT2D eigenvalue weighted by Gasteiger charge is -2.31. The number of urea groups is 1. The standard InChI is InChI=1S/C17H33N3O2/c1-3-9-20-10-8-14(12-20)11-18-17(22)19(2)13-15-6-4-5-7-16(15)21/h14-16,21H,3-13H2,1-2H3,(H,18,22). The molecule has 2 N–H and O–H groups in total. The van der Waals surface area contributed by atoms with E-state index in [4.69, 9.17) is 0 Å². The van der Waals surface area contributed by atoms with Crippen molar-refractivity contribution in [3.63, 3.8) is 0 Å². The first kappa shape index (κ1) is 17.5. The van der Waals surface area contributed by atoms with Gasteiger partial charge in [-0.05, 0) is 44.7 Å². The highest BCUT2D eigenvalue weighted by Gasteiger charge is 2.26. The molecule has 5 nitrogen and oxygen atoms in total. The number of aliphatic hydroxyl groups is 1. The molecule has 1 saturated heterocycles. The molecule has 1 aliphatic carbocycles. The third-order valence-corrected chi connectivity index (χ3v) is 5.18. The van der Waals surface area contributed by atoms with Gasteiger partial charge in [0.05, 0.1) is 6.10 Å². The topological polar surface area (TPSA) is 55.8 Å². The molecule has 0 radical (unpaired) electrons. The Labute approximate surface area is 135 Å². The van der Waals surface area contributed by atoms with Crippen LogP contribution in [0, 0.1) is 11.8 Å². The highest BCUT2D eigenvalue weighted by Crippen LogP contribution is 2.24. The van der Waals surface area contributed by atoms with E-state index in [-0.39, 0.29) is 18.1 Å². The highest BCUT2D eigenvalue weighted by molar-refractivity contribution is 5.73. The molecule has 1 aliphatic heterocycles. The number of carbonyl (C=O) groups is 1. The minimum absolute atomic E-state index is 0.00622. The SMILES string of the molecule is CCCN1CCC(CNC(=O)N(C)CC2CCCCC2O)C1. The summed E-state index contributed by atoms with van der Waals surface area (Å²) in [6, 6.07) is 0.00622. The summed E-state index contributed by atoms with van der Waals surface area (Å²) in [5.41, 5.74) is 0. The normalized spacial score (nSPS) is 29.5. The van der Waals surface area contributed by atoms with Gasteiger partial charge in [0.2, 0.25) is 0 Å². The molecule has 22 heavy (non-hydrogen) atoms.